The summed E-state index contributed by atoms with van der Waals surface area (Å²) in [6, 6.07) is 0.958. The van der Waals surface area contributed by atoms with E-state index in [4.69, 9.17) is 4.42 Å². The summed E-state index contributed by atoms with van der Waals surface area (Å²) >= 11 is 0. The predicted octanol–water partition coefficient (Wildman–Crippen LogP) is 0.814. The van der Waals surface area contributed by atoms with Crippen LogP contribution in [0.5, 0.6) is 0 Å². The van der Waals surface area contributed by atoms with E-state index in [-0.39, 0.29) is 17.8 Å². The Morgan fingerprint density at radius 1 is 1.40 bits per heavy atom. The molecule has 0 aromatic carbocycles. The summed E-state index contributed by atoms with van der Waals surface area (Å²) in [7, 11) is 0. The Labute approximate surface area is 119 Å². The fraction of sp³-hybridized carbons (Fsp3) is 0.769. The van der Waals surface area contributed by atoms with Crippen molar-refractivity contribution in [1.82, 2.24) is 20.4 Å². The second-order valence-electron chi connectivity index (χ2n) is 5.81. The zero-order valence-corrected chi connectivity index (χ0v) is 12.5. The van der Waals surface area contributed by atoms with E-state index in [9.17, 15) is 4.79 Å². The van der Waals surface area contributed by atoms with E-state index in [0.29, 0.717) is 24.5 Å². The maximum absolute atomic E-state index is 12.0. The van der Waals surface area contributed by atoms with Crippen molar-refractivity contribution < 1.29 is 9.21 Å². The highest BCUT2D eigenvalue weighted by Gasteiger charge is 2.23. The molecular weight excluding hydrogens is 258 g/mol. The molecule has 2 rings (SSSR count). The molecule has 0 aliphatic carbocycles. The minimum Gasteiger partial charge on any atom is -0.408 e. The number of amides is 1. The molecule has 2 atom stereocenters. The summed E-state index contributed by atoms with van der Waals surface area (Å²) in [5.41, 5.74) is 0. The number of carbonyl (C=O) groups excluding carboxylic acids is 1. The van der Waals surface area contributed by atoms with Gasteiger partial charge in [0.15, 0.2) is 0 Å². The number of carbonyl (C=O) groups is 1. The molecule has 2 unspecified atom stereocenters. The molecule has 20 heavy (non-hydrogen) atoms. The first kappa shape index (κ1) is 14.9. The van der Waals surface area contributed by atoms with Crippen LogP contribution in [-0.4, -0.2) is 52.7 Å². The fourth-order valence-electron chi connectivity index (χ4n) is 2.45. The molecule has 7 heteroatoms. The van der Waals surface area contributed by atoms with Crippen LogP contribution in [-0.2, 0) is 4.79 Å². The van der Waals surface area contributed by atoms with Crippen LogP contribution in [0.3, 0.4) is 0 Å². The zero-order valence-electron chi connectivity index (χ0n) is 12.5. The second kappa shape index (κ2) is 6.32. The summed E-state index contributed by atoms with van der Waals surface area (Å²) in [5.74, 6) is 0.568. The van der Waals surface area contributed by atoms with Crippen LogP contribution in [0.2, 0.25) is 0 Å². The molecular formula is C13H23N5O2. The molecule has 0 radical (unpaired) electrons. The van der Waals surface area contributed by atoms with Crippen molar-refractivity contribution in [3.05, 3.63) is 5.89 Å². The number of aromatic nitrogens is 2. The highest BCUT2D eigenvalue weighted by molar-refractivity contribution is 5.90. The van der Waals surface area contributed by atoms with E-state index < -0.39 is 0 Å². The number of hydrogen-bond donors (Lipinski definition) is 2. The molecule has 1 aliphatic heterocycles. The minimum absolute atomic E-state index is 0.120. The Bertz CT molecular complexity index is 449. The smallest absolute Gasteiger partial charge is 0.322 e. The molecule has 1 aromatic heterocycles. The lowest BCUT2D eigenvalue weighted by molar-refractivity contribution is -0.117. The largest absolute Gasteiger partial charge is 0.408 e. The van der Waals surface area contributed by atoms with Gasteiger partial charge < -0.3 is 9.73 Å². The molecule has 1 aromatic rings. The minimum atomic E-state index is -0.120. The summed E-state index contributed by atoms with van der Waals surface area (Å²) in [5, 5.41) is 13.8. The predicted molar refractivity (Wildman–Crippen MR) is 75.5 cm³/mol. The molecule has 7 nitrogen and oxygen atoms in total. The lowest BCUT2D eigenvalue weighted by Crippen LogP contribution is -2.55. The van der Waals surface area contributed by atoms with Gasteiger partial charge >= 0.3 is 6.01 Å². The Kier molecular flexibility index (Phi) is 4.72. The van der Waals surface area contributed by atoms with Gasteiger partial charge in [0.05, 0.1) is 6.54 Å². The first-order chi connectivity index (χ1) is 9.44. The van der Waals surface area contributed by atoms with Gasteiger partial charge in [-0.15, -0.1) is 5.10 Å². The van der Waals surface area contributed by atoms with Crippen molar-refractivity contribution in [2.75, 3.05) is 25.0 Å². The van der Waals surface area contributed by atoms with Gasteiger partial charge in [-0.25, -0.2) is 0 Å². The van der Waals surface area contributed by atoms with Crippen LogP contribution in [0.25, 0.3) is 0 Å². The van der Waals surface area contributed by atoms with Gasteiger partial charge in [0, 0.05) is 31.1 Å². The summed E-state index contributed by atoms with van der Waals surface area (Å²) in [6.07, 6.45) is 0. The van der Waals surface area contributed by atoms with Crippen LogP contribution in [0.4, 0.5) is 6.01 Å². The van der Waals surface area contributed by atoms with Crippen molar-refractivity contribution in [1.29, 1.82) is 0 Å². The standard InChI is InChI=1S/C13H23N5O2/c1-8(2)12-16-17-13(20-12)15-11(19)7-18-5-9(3)14-10(4)6-18/h8-10,14H,5-7H2,1-4H3,(H,15,17,19). The molecule has 1 aliphatic rings. The van der Waals surface area contributed by atoms with E-state index in [1.807, 2.05) is 13.8 Å². The third-order valence-electron chi connectivity index (χ3n) is 3.18. The SMILES string of the molecule is CC1CN(CC(=O)Nc2nnc(C(C)C)o2)CC(C)N1. The van der Waals surface area contributed by atoms with E-state index in [2.05, 4.69) is 39.6 Å². The van der Waals surface area contributed by atoms with E-state index >= 15 is 0 Å². The van der Waals surface area contributed by atoms with Crippen molar-refractivity contribution in [3.63, 3.8) is 0 Å². The van der Waals surface area contributed by atoms with Gasteiger partial charge in [0.2, 0.25) is 11.8 Å². The van der Waals surface area contributed by atoms with Crippen molar-refractivity contribution in [3.8, 4) is 0 Å². The summed E-state index contributed by atoms with van der Waals surface area (Å²) in [6.45, 7) is 10.2. The lowest BCUT2D eigenvalue weighted by atomic mass is 10.1. The van der Waals surface area contributed by atoms with Crippen LogP contribution >= 0.6 is 0 Å². The van der Waals surface area contributed by atoms with Gasteiger partial charge in [0.25, 0.3) is 0 Å². The highest BCUT2D eigenvalue weighted by Crippen LogP contribution is 2.14. The number of nitrogens with zero attached hydrogens (tertiary/aromatic N) is 3. The van der Waals surface area contributed by atoms with Crippen molar-refractivity contribution >= 4 is 11.9 Å². The second-order valence-corrected chi connectivity index (χ2v) is 5.81. The molecule has 0 bridgehead atoms. The first-order valence-electron chi connectivity index (χ1n) is 7.05. The average Bonchev–Trinajstić information content (AvgIpc) is 2.75. The molecule has 112 valence electrons. The van der Waals surface area contributed by atoms with E-state index in [1.165, 1.54) is 0 Å². The quantitative estimate of drug-likeness (QED) is 0.850. The molecule has 0 saturated carbocycles. The molecule has 1 fully saturated rings. The molecule has 2 N–H and O–H groups in total. The Hall–Kier alpha value is -1.47. The van der Waals surface area contributed by atoms with Gasteiger partial charge in [-0.05, 0) is 13.8 Å². The number of nitrogens with one attached hydrogen (secondary N) is 2. The number of anilines is 1. The number of hydrogen-bond acceptors (Lipinski definition) is 6. The molecule has 2 heterocycles. The summed E-state index contributed by atoms with van der Waals surface area (Å²) < 4.78 is 5.36. The normalized spacial score (nSPS) is 24.1. The molecule has 0 spiro atoms. The van der Waals surface area contributed by atoms with Crippen LogP contribution in [0.1, 0.15) is 39.5 Å². The van der Waals surface area contributed by atoms with E-state index in [1.54, 1.807) is 0 Å². The fourth-order valence-corrected chi connectivity index (χ4v) is 2.45. The van der Waals surface area contributed by atoms with Gasteiger partial charge in [-0.2, -0.15) is 0 Å². The average molecular weight is 281 g/mol. The van der Waals surface area contributed by atoms with Crippen LogP contribution in [0.15, 0.2) is 4.42 Å². The van der Waals surface area contributed by atoms with Crippen molar-refractivity contribution in [2.24, 2.45) is 0 Å². The Morgan fingerprint density at radius 2 is 2.05 bits per heavy atom. The van der Waals surface area contributed by atoms with Gasteiger partial charge in [-0.3, -0.25) is 15.0 Å². The van der Waals surface area contributed by atoms with Crippen LogP contribution in [0, 0.1) is 0 Å². The third-order valence-corrected chi connectivity index (χ3v) is 3.18. The van der Waals surface area contributed by atoms with Gasteiger partial charge in [0.1, 0.15) is 0 Å². The van der Waals surface area contributed by atoms with Crippen molar-refractivity contribution in [2.45, 2.75) is 45.7 Å². The van der Waals surface area contributed by atoms with E-state index in [0.717, 1.165) is 13.1 Å². The highest BCUT2D eigenvalue weighted by atomic mass is 16.4. The number of rotatable bonds is 4. The maximum Gasteiger partial charge on any atom is 0.322 e. The lowest BCUT2D eigenvalue weighted by Gasteiger charge is -2.35. The topological polar surface area (TPSA) is 83.3 Å². The maximum atomic E-state index is 12.0. The molecule has 1 saturated heterocycles. The summed E-state index contributed by atoms with van der Waals surface area (Å²) in [4.78, 5) is 14.1. The monoisotopic (exact) mass is 281 g/mol. The van der Waals surface area contributed by atoms with Crippen LogP contribution < -0.4 is 10.6 Å². The van der Waals surface area contributed by atoms with Gasteiger partial charge in [-0.1, -0.05) is 18.9 Å². The molecule has 1 amide bonds. The Balaban J connectivity index is 1.85. The third kappa shape index (κ3) is 4.01. The first-order valence-corrected chi connectivity index (χ1v) is 7.05. The number of piperazine rings is 1. The zero-order chi connectivity index (χ0) is 14.7. The Morgan fingerprint density at radius 3 is 2.60 bits per heavy atom.